The smallest absolute Gasteiger partial charge is 0.0875 e. The fourth-order valence-electron chi connectivity index (χ4n) is 1.27. The molecule has 0 saturated carbocycles. The highest BCUT2D eigenvalue weighted by molar-refractivity contribution is 6.86. The molecule has 0 amide bonds. The second-order valence-electron chi connectivity index (χ2n) is 5.79. The predicted molar refractivity (Wildman–Crippen MR) is 66.4 cm³/mol. The van der Waals surface area contributed by atoms with Gasteiger partial charge in [0, 0.05) is 0 Å². The van der Waals surface area contributed by atoms with Crippen molar-refractivity contribution in [3.05, 3.63) is 28.3 Å². The Labute approximate surface area is 84.1 Å². The molecule has 1 aliphatic rings. The van der Waals surface area contributed by atoms with Crippen molar-refractivity contribution < 1.29 is 0 Å². The Morgan fingerprint density at radius 1 is 0.769 bits per heavy atom. The minimum atomic E-state index is -1.12. The Morgan fingerprint density at radius 2 is 1.08 bits per heavy atom. The maximum absolute atomic E-state index is 3.62. The molecule has 0 unspecified atom stereocenters. The van der Waals surface area contributed by atoms with Crippen LogP contribution in [0.25, 0.3) is 0 Å². The van der Waals surface area contributed by atoms with Gasteiger partial charge in [-0.25, -0.2) is 0 Å². The minimum Gasteiger partial charge on any atom is -0.123 e. The van der Waals surface area contributed by atoms with Gasteiger partial charge in [-0.15, -0.1) is 5.73 Å². The van der Waals surface area contributed by atoms with Crippen LogP contribution in [0.3, 0.4) is 0 Å². The molecule has 0 aromatic carbocycles. The van der Waals surface area contributed by atoms with Crippen molar-refractivity contribution in [1.29, 1.82) is 0 Å². The van der Waals surface area contributed by atoms with E-state index in [2.05, 4.69) is 57.2 Å². The van der Waals surface area contributed by atoms with Gasteiger partial charge in [-0.2, -0.15) is 0 Å². The molecule has 0 N–H and O–H groups in total. The molecule has 0 aliphatic heterocycles. The standard InChI is InChI=1S/C11H20Si2/c1-12(2,3)10-7-8-11(9-10)13(4,5)6/h7-8H,1-6H3. The van der Waals surface area contributed by atoms with Gasteiger partial charge in [0.2, 0.25) is 0 Å². The van der Waals surface area contributed by atoms with Crippen molar-refractivity contribution in [2.45, 2.75) is 39.3 Å². The molecule has 13 heavy (non-hydrogen) atoms. The van der Waals surface area contributed by atoms with E-state index in [1.165, 1.54) is 10.4 Å². The van der Waals surface area contributed by atoms with Crippen molar-refractivity contribution in [2.75, 3.05) is 0 Å². The second-order valence-corrected chi connectivity index (χ2v) is 15.9. The van der Waals surface area contributed by atoms with Crippen LogP contribution in [0.5, 0.6) is 0 Å². The lowest BCUT2D eigenvalue weighted by Crippen LogP contribution is -2.22. The summed E-state index contributed by atoms with van der Waals surface area (Å²) in [5, 5.41) is 2.98. The maximum atomic E-state index is 3.62. The third-order valence-corrected chi connectivity index (χ3v) is 6.12. The van der Waals surface area contributed by atoms with Gasteiger partial charge in [-0.1, -0.05) is 51.4 Å². The Balaban J connectivity index is 3.09. The van der Waals surface area contributed by atoms with Crippen molar-refractivity contribution in [3.8, 4) is 0 Å². The van der Waals surface area contributed by atoms with E-state index in [1.807, 2.05) is 0 Å². The van der Waals surface area contributed by atoms with Crippen molar-refractivity contribution in [3.63, 3.8) is 0 Å². The summed E-state index contributed by atoms with van der Waals surface area (Å²) < 4.78 is 0. The van der Waals surface area contributed by atoms with Crippen molar-refractivity contribution in [1.82, 2.24) is 0 Å². The van der Waals surface area contributed by atoms with Gasteiger partial charge < -0.3 is 0 Å². The van der Waals surface area contributed by atoms with E-state index in [1.54, 1.807) is 0 Å². The zero-order chi connectivity index (χ0) is 10.3. The van der Waals surface area contributed by atoms with E-state index in [0.717, 1.165) is 0 Å². The van der Waals surface area contributed by atoms with Crippen molar-refractivity contribution in [2.24, 2.45) is 0 Å². The number of hydrogen-bond donors (Lipinski definition) is 0. The van der Waals surface area contributed by atoms with Crippen LogP contribution in [0.2, 0.25) is 39.3 Å². The van der Waals surface area contributed by atoms with Crippen LogP contribution in [0.1, 0.15) is 0 Å². The van der Waals surface area contributed by atoms with Crippen LogP contribution >= 0.6 is 0 Å². The molecule has 0 nitrogen and oxygen atoms in total. The van der Waals surface area contributed by atoms with Gasteiger partial charge in [0.25, 0.3) is 0 Å². The van der Waals surface area contributed by atoms with Crippen LogP contribution in [0, 0.1) is 0 Å². The molecule has 0 saturated heterocycles. The highest BCUT2D eigenvalue weighted by atomic mass is 28.3. The lowest BCUT2D eigenvalue weighted by molar-refractivity contribution is 1.68. The predicted octanol–water partition coefficient (Wildman–Crippen LogP) is 3.76. The molecule has 0 spiro atoms. The Kier molecular flexibility index (Phi) is 2.59. The average Bonchev–Trinajstić information content (AvgIpc) is 2.28. The quantitative estimate of drug-likeness (QED) is 0.479. The first-order chi connectivity index (χ1) is 5.71. The highest BCUT2D eigenvalue weighted by Gasteiger charge is 2.24. The number of hydrogen-bond acceptors (Lipinski definition) is 0. The molecule has 1 rings (SSSR count). The van der Waals surface area contributed by atoms with E-state index in [0.29, 0.717) is 0 Å². The molecule has 0 radical (unpaired) electrons. The lowest BCUT2D eigenvalue weighted by atomic mass is 10.6. The topological polar surface area (TPSA) is 0 Å². The van der Waals surface area contributed by atoms with Gasteiger partial charge >= 0.3 is 0 Å². The summed E-state index contributed by atoms with van der Waals surface area (Å²) in [6.45, 7) is 14.3. The largest absolute Gasteiger partial charge is 0.123 e. The van der Waals surface area contributed by atoms with E-state index >= 15 is 0 Å². The van der Waals surface area contributed by atoms with Gasteiger partial charge in [0.15, 0.2) is 0 Å². The molecular weight excluding hydrogens is 188 g/mol. The van der Waals surface area contributed by atoms with Crippen LogP contribution in [0.15, 0.2) is 28.3 Å². The molecular formula is C11H20Si2. The Morgan fingerprint density at radius 3 is 1.23 bits per heavy atom. The highest BCUT2D eigenvalue weighted by Crippen LogP contribution is 2.25. The van der Waals surface area contributed by atoms with E-state index < -0.39 is 16.1 Å². The van der Waals surface area contributed by atoms with E-state index in [4.69, 9.17) is 0 Å². The molecule has 0 fully saturated rings. The summed E-state index contributed by atoms with van der Waals surface area (Å²) in [4.78, 5) is 0. The summed E-state index contributed by atoms with van der Waals surface area (Å²) in [5.74, 6) is 0. The number of rotatable bonds is 2. The lowest BCUT2D eigenvalue weighted by Gasteiger charge is -2.14. The Bertz CT molecular complexity index is 274. The molecule has 0 heterocycles. The molecule has 72 valence electrons. The molecule has 2 heteroatoms. The summed E-state index contributed by atoms with van der Waals surface area (Å²) >= 11 is 0. The Hall–Kier alpha value is -0.306. The molecule has 0 atom stereocenters. The SMILES string of the molecule is C[Si](C)(C)C1=C=C([Si](C)(C)C)C=C1. The zero-order valence-electron chi connectivity index (χ0n) is 9.65. The minimum absolute atomic E-state index is 1.12. The fraction of sp³-hybridized carbons (Fsp3) is 0.545. The summed E-state index contributed by atoms with van der Waals surface area (Å²) in [7, 11) is -2.25. The first-order valence-corrected chi connectivity index (χ1v) is 11.9. The van der Waals surface area contributed by atoms with Gasteiger partial charge in [-0.05, 0) is 10.4 Å². The monoisotopic (exact) mass is 208 g/mol. The summed E-state index contributed by atoms with van der Waals surface area (Å²) in [6, 6.07) is 0. The third kappa shape index (κ3) is 2.57. The van der Waals surface area contributed by atoms with Gasteiger partial charge in [-0.3, -0.25) is 0 Å². The summed E-state index contributed by atoms with van der Waals surface area (Å²) in [5.41, 5.74) is 3.62. The average molecular weight is 208 g/mol. The van der Waals surface area contributed by atoms with Crippen LogP contribution in [-0.2, 0) is 0 Å². The third-order valence-electron chi connectivity index (χ3n) is 2.30. The first-order valence-electron chi connectivity index (χ1n) is 4.91. The number of allylic oxidation sites excluding steroid dienone is 3. The van der Waals surface area contributed by atoms with Crippen LogP contribution in [0.4, 0.5) is 0 Å². The second kappa shape index (κ2) is 3.12. The maximum Gasteiger partial charge on any atom is 0.0875 e. The molecule has 0 aromatic rings. The van der Waals surface area contributed by atoms with Gasteiger partial charge in [0.05, 0.1) is 16.1 Å². The fourth-order valence-corrected chi connectivity index (χ4v) is 3.58. The normalized spacial score (nSPS) is 17.4. The summed E-state index contributed by atoms with van der Waals surface area (Å²) in [6.07, 6.45) is 4.58. The molecule has 1 aliphatic carbocycles. The van der Waals surface area contributed by atoms with Crippen molar-refractivity contribution >= 4 is 16.1 Å². The van der Waals surface area contributed by atoms with E-state index in [9.17, 15) is 0 Å². The molecule has 0 aromatic heterocycles. The first kappa shape index (κ1) is 10.8. The van der Waals surface area contributed by atoms with Crippen LogP contribution in [-0.4, -0.2) is 16.1 Å². The zero-order valence-corrected chi connectivity index (χ0v) is 11.7. The molecule has 0 bridgehead atoms. The van der Waals surface area contributed by atoms with Crippen LogP contribution < -0.4 is 0 Å². The van der Waals surface area contributed by atoms with E-state index in [-0.39, 0.29) is 0 Å². The van der Waals surface area contributed by atoms with Gasteiger partial charge in [0.1, 0.15) is 0 Å².